The average molecular weight is 534 g/mol. The molecule has 7 nitrogen and oxygen atoms in total. The minimum absolute atomic E-state index is 0.0418. The molecule has 0 unspecified atom stereocenters. The van der Waals surface area contributed by atoms with Crippen molar-refractivity contribution < 1.29 is 22.3 Å². The van der Waals surface area contributed by atoms with Crippen LogP contribution in [-0.4, -0.2) is 32.1 Å². The summed E-state index contributed by atoms with van der Waals surface area (Å²) in [6, 6.07) is 10.8. The summed E-state index contributed by atoms with van der Waals surface area (Å²) in [4.78, 5) is 3.72. The molecule has 1 heterocycles. The van der Waals surface area contributed by atoms with Crippen LogP contribution >= 0.6 is 34.8 Å². The Hall–Kier alpha value is -2.13. The number of benzene rings is 2. The number of alkyl halides is 1. The second-order valence-electron chi connectivity index (χ2n) is 7.80. The highest BCUT2D eigenvalue weighted by Crippen LogP contribution is 2.40. The molecule has 0 radical (unpaired) electrons. The van der Waals surface area contributed by atoms with Crippen LogP contribution in [0.15, 0.2) is 45.8 Å². The van der Waals surface area contributed by atoms with Crippen molar-refractivity contribution in [2.45, 2.75) is 30.9 Å². The molecule has 0 spiro atoms. The number of halogens is 3. The average Bonchev–Trinajstić information content (AvgIpc) is 3.13. The van der Waals surface area contributed by atoms with Gasteiger partial charge in [-0.3, -0.25) is 0 Å². The Balaban J connectivity index is 1.78. The van der Waals surface area contributed by atoms with E-state index in [1.54, 1.807) is 12.1 Å². The van der Waals surface area contributed by atoms with Crippen molar-refractivity contribution in [1.82, 2.24) is 4.98 Å². The van der Waals surface area contributed by atoms with E-state index < -0.39 is 15.3 Å². The van der Waals surface area contributed by atoms with E-state index in [1.807, 2.05) is 38.1 Å². The van der Waals surface area contributed by atoms with Gasteiger partial charge in [-0.25, -0.2) is 8.42 Å². The van der Waals surface area contributed by atoms with Crippen LogP contribution in [0.2, 0.25) is 10.0 Å². The molecule has 0 atom stereocenters. The highest BCUT2D eigenvalue weighted by molar-refractivity contribution is 7.90. The standard InChI is InChI=1S/C22H23Cl3N2O5S/c1-22(2,14-10-16(24)19(17(25)11-14)30-9-8-23)13-4-6-15(7-5-13)31-12-18-20(33(3,28)29)27-21(26)32-18/h4-7,10-11H,8-9,12H2,1-3H3,(H2,26,27). The van der Waals surface area contributed by atoms with Gasteiger partial charge in [0.05, 0.1) is 15.9 Å². The molecule has 0 aliphatic rings. The van der Waals surface area contributed by atoms with E-state index in [9.17, 15) is 8.42 Å². The predicted octanol–water partition coefficient (Wildman–Crippen LogP) is 5.49. The van der Waals surface area contributed by atoms with Crippen molar-refractivity contribution in [3.8, 4) is 11.5 Å². The number of hydrogen-bond acceptors (Lipinski definition) is 7. The molecule has 2 aromatic carbocycles. The van der Waals surface area contributed by atoms with Crippen LogP contribution in [0.1, 0.15) is 30.7 Å². The van der Waals surface area contributed by atoms with Gasteiger partial charge >= 0.3 is 0 Å². The van der Waals surface area contributed by atoms with Gasteiger partial charge in [-0.15, -0.1) is 11.6 Å². The zero-order valence-corrected chi connectivity index (χ0v) is 21.3. The van der Waals surface area contributed by atoms with Gasteiger partial charge in [0, 0.05) is 11.7 Å². The van der Waals surface area contributed by atoms with E-state index in [4.69, 9.17) is 54.4 Å². The lowest BCUT2D eigenvalue weighted by molar-refractivity contribution is 0.267. The molecular weight excluding hydrogens is 511 g/mol. The van der Waals surface area contributed by atoms with Gasteiger partial charge in [0.25, 0.3) is 6.01 Å². The van der Waals surface area contributed by atoms with Gasteiger partial charge in [0.1, 0.15) is 19.0 Å². The first-order valence-corrected chi connectivity index (χ1v) is 13.0. The molecule has 0 aliphatic carbocycles. The molecule has 11 heteroatoms. The third-order valence-corrected chi connectivity index (χ3v) is 6.76. The molecule has 178 valence electrons. The summed E-state index contributed by atoms with van der Waals surface area (Å²) in [7, 11) is -3.59. The quantitative estimate of drug-likeness (QED) is 0.363. The maximum atomic E-state index is 11.8. The van der Waals surface area contributed by atoms with Crippen molar-refractivity contribution in [3.05, 3.63) is 63.3 Å². The fourth-order valence-electron chi connectivity index (χ4n) is 3.22. The first kappa shape index (κ1) is 25.5. The number of aromatic nitrogens is 1. The van der Waals surface area contributed by atoms with Gasteiger partial charge in [0.2, 0.25) is 5.03 Å². The first-order valence-electron chi connectivity index (χ1n) is 9.80. The summed E-state index contributed by atoms with van der Waals surface area (Å²) >= 11 is 18.5. The Morgan fingerprint density at radius 1 is 1.06 bits per heavy atom. The largest absolute Gasteiger partial charge is 0.489 e. The third-order valence-electron chi connectivity index (χ3n) is 5.02. The van der Waals surface area contributed by atoms with E-state index in [0.29, 0.717) is 34.0 Å². The number of oxazole rings is 1. The molecule has 3 aromatic rings. The van der Waals surface area contributed by atoms with Crippen molar-refractivity contribution in [2.75, 3.05) is 24.5 Å². The Bertz CT molecular complexity index is 1220. The third kappa shape index (κ3) is 5.87. The van der Waals surface area contributed by atoms with E-state index in [-0.39, 0.29) is 23.4 Å². The second-order valence-corrected chi connectivity index (χ2v) is 10.9. The highest BCUT2D eigenvalue weighted by atomic mass is 35.5. The molecule has 33 heavy (non-hydrogen) atoms. The van der Waals surface area contributed by atoms with Gasteiger partial charge in [-0.2, -0.15) is 4.98 Å². The Labute approximate surface area is 207 Å². The highest BCUT2D eigenvalue weighted by Gasteiger charge is 2.26. The zero-order chi connectivity index (χ0) is 24.4. The number of hydrogen-bond donors (Lipinski definition) is 1. The second kappa shape index (κ2) is 10.0. The molecule has 2 N–H and O–H groups in total. The van der Waals surface area contributed by atoms with Crippen LogP contribution in [-0.2, 0) is 21.9 Å². The number of nitrogens with zero attached hydrogens (tertiary/aromatic N) is 1. The molecule has 3 rings (SSSR count). The summed E-state index contributed by atoms with van der Waals surface area (Å²) in [5, 5.41) is 0.581. The minimum atomic E-state index is -3.59. The van der Waals surface area contributed by atoms with Crippen LogP contribution in [0.25, 0.3) is 0 Å². The molecule has 0 amide bonds. The predicted molar refractivity (Wildman–Crippen MR) is 130 cm³/mol. The van der Waals surface area contributed by atoms with Crippen molar-refractivity contribution in [1.29, 1.82) is 0 Å². The molecule has 0 saturated heterocycles. The van der Waals surface area contributed by atoms with Crippen LogP contribution in [0.4, 0.5) is 6.01 Å². The van der Waals surface area contributed by atoms with Gasteiger partial charge < -0.3 is 19.6 Å². The van der Waals surface area contributed by atoms with E-state index >= 15 is 0 Å². The molecule has 0 bridgehead atoms. The van der Waals surface area contributed by atoms with Crippen LogP contribution in [0.3, 0.4) is 0 Å². The zero-order valence-electron chi connectivity index (χ0n) is 18.2. The SMILES string of the molecule is CC(C)(c1ccc(OCc2oc(N)nc2S(C)(=O)=O)cc1)c1cc(Cl)c(OCCCl)c(Cl)c1. The van der Waals surface area contributed by atoms with E-state index in [2.05, 4.69) is 4.98 Å². The Kier molecular flexibility index (Phi) is 7.73. The van der Waals surface area contributed by atoms with Gasteiger partial charge in [-0.05, 0) is 35.4 Å². The fraction of sp³-hybridized carbons (Fsp3) is 0.318. The van der Waals surface area contributed by atoms with Crippen molar-refractivity contribution in [3.63, 3.8) is 0 Å². The summed E-state index contributed by atoms with van der Waals surface area (Å²) < 4.78 is 40.0. The van der Waals surface area contributed by atoms with E-state index in [0.717, 1.165) is 17.4 Å². The lowest BCUT2D eigenvalue weighted by Gasteiger charge is -2.27. The summed E-state index contributed by atoms with van der Waals surface area (Å²) in [5.41, 5.74) is 6.95. The minimum Gasteiger partial charge on any atom is -0.489 e. The smallest absolute Gasteiger partial charge is 0.293 e. The van der Waals surface area contributed by atoms with Gasteiger partial charge in [-0.1, -0.05) is 49.2 Å². The molecule has 0 saturated carbocycles. The first-order chi connectivity index (χ1) is 15.4. The normalized spacial score (nSPS) is 12.1. The van der Waals surface area contributed by atoms with Crippen molar-refractivity contribution >= 4 is 50.7 Å². The Morgan fingerprint density at radius 3 is 2.21 bits per heavy atom. The van der Waals surface area contributed by atoms with Crippen LogP contribution in [0, 0.1) is 0 Å². The molecule has 0 aliphatic heterocycles. The number of rotatable bonds is 9. The summed E-state index contributed by atoms with van der Waals surface area (Å²) in [6.45, 7) is 4.25. The fourth-order valence-corrected chi connectivity index (χ4v) is 4.66. The van der Waals surface area contributed by atoms with Crippen LogP contribution < -0.4 is 15.2 Å². The summed E-state index contributed by atoms with van der Waals surface area (Å²) in [6.07, 6.45) is 1.03. The lowest BCUT2D eigenvalue weighted by Crippen LogP contribution is -2.19. The Morgan fingerprint density at radius 2 is 1.67 bits per heavy atom. The topological polar surface area (TPSA) is 105 Å². The number of anilines is 1. The number of sulfone groups is 1. The number of ether oxygens (including phenoxy) is 2. The maximum absolute atomic E-state index is 11.8. The lowest BCUT2D eigenvalue weighted by atomic mass is 9.78. The van der Waals surface area contributed by atoms with E-state index in [1.165, 1.54) is 0 Å². The van der Waals surface area contributed by atoms with Gasteiger partial charge in [0.15, 0.2) is 21.3 Å². The molecular formula is C22H23Cl3N2O5S. The maximum Gasteiger partial charge on any atom is 0.293 e. The summed E-state index contributed by atoms with van der Waals surface area (Å²) in [5.74, 6) is 1.29. The van der Waals surface area contributed by atoms with Crippen molar-refractivity contribution in [2.24, 2.45) is 0 Å². The number of nitrogen functional groups attached to an aromatic ring is 1. The molecule has 1 aromatic heterocycles. The number of nitrogens with two attached hydrogens (primary N) is 1. The van der Waals surface area contributed by atoms with Crippen LogP contribution in [0.5, 0.6) is 11.5 Å². The monoisotopic (exact) mass is 532 g/mol. The molecule has 0 fully saturated rings.